The summed E-state index contributed by atoms with van der Waals surface area (Å²) in [4.78, 5) is 12.8. The van der Waals surface area contributed by atoms with E-state index in [1.807, 2.05) is 24.3 Å². The van der Waals surface area contributed by atoms with Crippen molar-refractivity contribution < 1.29 is 27.2 Å². The van der Waals surface area contributed by atoms with Gasteiger partial charge in [-0.15, -0.1) is 0 Å². The van der Waals surface area contributed by atoms with Gasteiger partial charge in [0.1, 0.15) is 5.75 Å². The summed E-state index contributed by atoms with van der Waals surface area (Å²) in [6.07, 6.45) is 8.20. The highest BCUT2D eigenvalue weighted by molar-refractivity contribution is 6.87. The van der Waals surface area contributed by atoms with Gasteiger partial charge in [-0.2, -0.15) is 0 Å². The number of carbonyl (C=O) groups is 1. The molecule has 0 amide bonds. The average molecular weight is 693 g/mol. The first-order valence-electron chi connectivity index (χ1n) is 17.4. The van der Waals surface area contributed by atoms with Crippen molar-refractivity contribution >= 4 is 31.4 Å². The van der Waals surface area contributed by atoms with Crippen molar-refractivity contribution in [3.63, 3.8) is 0 Å². The number of rotatable bonds is 15. The molecule has 0 radical (unpaired) electrons. The van der Waals surface area contributed by atoms with Gasteiger partial charge in [0.15, 0.2) is 28.1 Å². The Balaban J connectivity index is 1.32. The average Bonchev–Trinajstić information content (AvgIpc) is 3.01. The summed E-state index contributed by atoms with van der Waals surface area (Å²) >= 11 is 0. The van der Waals surface area contributed by atoms with Gasteiger partial charge in [0.25, 0.3) is 0 Å². The van der Waals surface area contributed by atoms with Gasteiger partial charge in [-0.25, -0.2) is 4.79 Å². The van der Waals surface area contributed by atoms with Crippen LogP contribution >= 0.6 is 0 Å². The first-order valence-corrected chi connectivity index (χ1v) is 26.4. The lowest BCUT2D eigenvalue weighted by atomic mass is 9.65. The van der Waals surface area contributed by atoms with Crippen LogP contribution in [0.25, 0.3) is 0 Å². The molecule has 1 saturated carbocycles. The van der Waals surface area contributed by atoms with Crippen molar-refractivity contribution in [3.05, 3.63) is 89.5 Å². The zero-order valence-electron chi connectivity index (χ0n) is 29.9. The molecule has 0 unspecified atom stereocenters. The smallest absolute Gasteiger partial charge is 0.493 e. The Morgan fingerprint density at radius 3 is 1.96 bits per heavy atom. The van der Waals surface area contributed by atoms with E-state index in [-0.39, 0.29) is 5.41 Å². The lowest BCUT2D eigenvalue weighted by Gasteiger charge is -2.38. The van der Waals surface area contributed by atoms with Crippen LogP contribution in [-0.4, -0.2) is 38.5 Å². The number of ether oxygens (including phenoxy) is 3. The van der Waals surface area contributed by atoms with Gasteiger partial charge in [-0.1, -0.05) is 81.1 Å². The van der Waals surface area contributed by atoms with Crippen LogP contribution in [0.2, 0.25) is 51.4 Å². The number of hydrogen-bond acceptors (Lipinski definition) is 6. The predicted octanol–water partition coefficient (Wildman–Crippen LogP) is 11.0. The van der Waals surface area contributed by atoms with Crippen molar-refractivity contribution in [2.75, 3.05) is 7.11 Å². The summed E-state index contributed by atoms with van der Waals surface area (Å²) in [5.41, 5.74) is 3.74. The number of aryl methyl sites for hydroxylation is 1. The molecule has 0 N–H and O–H groups in total. The van der Waals surface area contributed by atoms with Gasteiger partial charge in [-0.3, -0.25) is 0 Å². The maximum absolute atomic E-state index is 12.8. The molecule has 256 valence electrons. The molecule has 3 aromatic carbocycles. The standard InChI is InChI=1S/C38H56O6Si3/c1-9-28-45(3,4)43-47(7,8)44-46(5,6)29-16-17-31-20-25-35(36(30-31)40-2)42-37(39)41-34-23-21-33(22-24-34)38(26-14-11-15-27-38)32-18-12-10-13-19-32/h10,12-13,18-25,30H,9,11,14-17,26-29H2,1-8H3. The molecule has 0 heterocycles. The van der Waals surface area contributed by atoms with Crippen LogP contribution in [0.5, 0.6) is 17.2 Å². The van der Waals surface area contributed by atoms with Crippen LogP contribution < -0.4 is 14.2 Å². The molecule has 3 aromatic rings. The Bertz CT molecular complexity index is 1430. The van der Waals surface area contributed by atoms with Crippen LogP contribution in [0, 0.1) is 0 Å². The summed E-state index contributed by atoms with van der Waals surface area (Å²) in [6.45, 7) is 15.8. The lowest BCUT2D eigenvalue weighted by Crippen LogP contribution is -2.52. The Morgan fingerprint density at radius 1 is 0.723 bits per heavy atom. The van der Waals surface area contributed by atoms with E-state index in [0.29, 0.717) is 17.2 Å². The Kier molecular flexibility index (Phi) is 12.7. The summed E-state index contributed by atoms with van der Waals surface area (Å²) in [6, 6.07) is 26.6. The van der Waals surface area contributed by atoms with E-state index in [1.54, 1.807) is 13.2 Å². The van der Waals surface area contributed by atoms with E-state index < -0.39 is 31.4 Å². The van der Waals surface area contributed by atoms with Crippen molar-refractivity contribution in [2.24, 2.45) is 0 Å². The molecule has 0 aliphatic heterocycles. The quantitative estimate of drug-likeness (QED) is 0.0897. The lowest BCUT2D eigenvalue weighted by molar-refractivity contribution is 0.150. The van der Waals surface area contributed by atoms with Gasteiger partial charge in [0.05, 0.1) is 7.11 Å². The van der Waals surface area contributed by atoms with E-state index in [2.05, 4.69) is 88.7 Å². The first-order chi connectivity index (χ1) is 22.3. The number of methoxy groups -OCH3 is 1. The van der Waals surface area contributed by atoms with Gasteiger partial charge in [0, 0.05) is 5.41 Å². The maximum atomic E-state index is 12.8. The molecule has 47 heavy (non-hydrogen) atoms. The molecule has 0 spiro atoms. The first kappa shape index (κ1) is 37.1. The normalized spacial score (nSPS) is 15.2. The van der Waals surface area contributed by atoms with Crippen molar-refractivity contribution in [3.8, 4) is 17.2 Å². The highest BCUT2D eigenvalue weighted by Crippen LogP contribution is 2.45. The fourth-order valence-electron chi connectivity index (χ4n) is 7.43. The third kappa shape index (κ3) is 10.6. The molecule has 1 aliphatic carbocycles. The number of benzene rings is 3. The van der Waals surface area contributed by atoms with Crippen LogP contribution in [-0.2, 0) is 20.1 Å². The van der Waals surface area contributed by atoms with Crippen LogP contribution in [0.15, 0.2) is 72.8 Å². The van der Waals surface area contributed by atoms with Crippen molar-refractivity contribution in [2.45, 2.75) is 115 Å². The highest BCUT2D eigenvalue weighted by atomic mass is 28.5. The Hall–Kier alpha value is -2.70. The van der Waals surface area contributed by atoms with Gasteiger partial charge in [-0.05, 0) is 118 Å². The summed E-state index contributed by atoms with van der Waals surface area (Å²) in [5.74, 6) is 1.30. The second-order valence-electron chi connectivity index (χ2n) is 14.7. The Labute approximate surface area is 286 Å². The number of hydrogen-bond donors (Lipinski definition) is 0. The second kappa shape index (κ2) is 16.1. The zero-order valence-corrected chi connectivity index (χ0v) is 32.9. The minimum absolute atomic E-state index is 0.00178. The fourth-order valence-corrected chi connectivity index (χ4v) is 21.7. The van der Waals surface area contributed by atoms with Gasteiger partial charge >= 0.3 is 14.7 Å². The van der Waals surface area contributed by atoms with Gasteiger partial charge < -0.3 is 22.4 Å². The maximum Gasteiger partial charge on any atom is 0.519 e. The van der Waals surface area contributed by atoms with Crippen LogP contribution in [0.1, 0.15) is 68.6 Å². The summed E-state index contributed by atoms with van der Waals surface area (Å²) in [7, 11) is -4.20. The molecule has 1 fully saturated rings. The monoisotopic (exact) mass is 692 g/mol. The van der Waals surface area contributed by atoms with Gasteiger partial charge in [0.2, 0.25) is 0 Å². The molecule has 1 aliphatic rings. The molecule has 0 atom stereocenters. The molecule has 0 saturated heterocycles. The summed E-state index contributed by atoms with van der Waals surface area (Å²) in [5, 5.41) is 0. The molecular formula is C38H56O6Si3. The van der Waals surface area contributed by atoms with E-state index in [1.165, 1.54) is 30.4 Å². The molecule has 4 rings (SSSR count). The fraction of sp³-hybridized carbons (Fsp3) is 0.500. The van der Waals surface area contributed by atoms with E-state index in [4.69, 9.17) is 22.4 Å². The van der Waals surface area contributed by atoms with Crippen molar-refractivity contribution in [1.29, 1.82) is 0 Å². The predicted molar refractivity (Wildman–Crippen MR) is 199 cm³/mol. The molecule has 9 heteroatoms. The summed E-state index contributed by atoms with van der Waals surface area (Å²) < 4.78 is 30.2. The van der Waals surface area contributed by atoms with E-state index >= 15 is 0 Å². The molecular weight excluding hydrogens is 637 g/mol. The third-order valence-electron chi connectivity index (χ3n) is 9.20. The zero-order chi connectivity index (χ0) is 34.1. The SMILES string of the molecule is CCC[Si](C)(C)O[Si](C)(C)O[Si](C)(C)CCCc1ccc(OC(=O)Oc2ccc(C3(c4ccccc4)CCCCC3)cc2)c(OC)c1. The minimum atomic E-state index is -2.19. The number of carbonyl (C=O) groups excluding carboxylic acids is 1. The highest BCUT2D eigenvalue weighted by Gasteiger charge is 2.39. The molecule has 0 bridgehead atoms. The second-order valence-corrected chi connectivity index (χ2v) is 27.2. The van der Waals surface area contributed by atoms with E-state index in [0.717, 1.165) is 49.8 Å². The van der Waals surface area contributed by atoms with Crippen LogP contribution in [0.3, 0.4) is 0 Å². The third-order valence-corrected chi connectivity index (χ3v) is 20.8. The van der Waals surface area contributed by atoms with Crippen LogP contribution in [0.4, 0.5) is 4.79 Å². The molecule has 0 aromatic heterocycles. The van der Waals surface area contributed by atoms with Crippen molar-refractivity contribution in [1.82, 2.24) is 0 Å². The Morgan fingerprint density at radius 2 is 1.34 bits per heavy atom. The van der Waals surface area contributed by atoms with E-state index in [9.17, 15) is 4.79 Å². The molecule has 6 nitrogen and oxygen atoms in total. The largest absolute Gasteiger partial charge is 0.519 e. The topological polar surface area (TPSA) is 63.2 Å². The minimum Gasteiger partial charge on any atom is -0.493 e.